The van der Waals surface area contributed by atoms with Crippen LogP contribution < -0.4 is 15.4 Å². The minimum absolute atomic E-state index is 0.0830. The highest BCUT2D eigenvalue weighted by Crippen LogP contribution is 2.43. The van der Waals surface area contributed by atoms with Gasteiger partial charge in [-0.25, -0.2) is 0 Å². The summed E-state index contributed by atoms with van der Waals surface area (Å²) in [6.45, 7) is 1.79. The smallest absolute Gasteiger partial charge is 0.225 e. The molecular formula is C21H20N2O4. The molecule has 0 fully saturated rings. The minimum Gasteiger partial charge on any atom is -0.494 e. The average Bonchev–Trinajstić information content (AvgIpc) is 3.11. The van der Waals surface area contributed by atoms with Crippen LogP contribution in [-0.2, 0) is 9.59 Å². The van der Waals surface area contributed by atoms with Gasteiger partial charge in [-0.3, -0.25) is 9.59 Å². The fraction of sp³-hybridized carbons (Fsp3) is 0.238. The lowest BCUT2D eigenvalue weighted by atomic mass is 9.88. The first kappa shape index (κ1) is 17.1. The Morgan fingerprint density at radius 1 is 1.30 bits per heavy atom. The van der Waals surface area contributed by atoms with E-state index in [1.54, 1.807) is 13.0 Å². The molecule has 3 aromatic rings. The Balaban J connectivity index is 1.82. The number of hydrogen-bond acceptors (Lipinski definition) is 4. The predicted octanol–water partition coefficient (Wildman–Crippen LogP) is 4.26. The largest absolute Gasteiger partial charge is 0.494 e. The van der Waals surface area contributed by atoms with Crippen LogP contribution in [0.4, 0.5) is 11.4 Å². The lowest BCUT2D eigenvalue weighted by Gasteiger charge is -2.26. The number of hydrogen-bond donors (Lipinski definition) is 2. The number of methoxy groups -OCH3 is 1. The van der Waals surface area contributed by atoms with Crippen LogP contribution in [0.2, 0.25) is 0 Å². The molecule has 0 saturated carbocycles. The highest BCUT2D eigenvalue weighted by atomic mass is 16.5. The molecule has 2 heterocycles. The minimum atomic E-state index is -0.232. The highest BCUT2D eigenvalue weighted by molar-refractivity contribution is 5.98. The second-order valence-electron chi connectivity index (χ2n) is 6.53. The van der Waals surface area contributed by atoms with Crippen LogP contribution >= 0.6 is 0 Å². The molecule has 1 aromatic heterocycles. The second-order valence-corrected chi connectivity index (χ2v) is 6.53. The van der Waals surface area contributed by atoms with Crippen LogP contribution in [0.3, 0.4) is 0 Å². The molecule has 6 nitrogen and oxygen atoms in total. The molecular weight excluding hydrogens is 344 g/mol. The van der Waals surface area contributed by atoms with E-state index in [9.17, 15) is 9.59 Å². The van der Waals surface area contributed by atoms with Gasteiger partial charge in [0.05, 0.1) is 18.7 Å². The molecule has 1 unspecified atom stereocenters. The summed E-state index contributed by atoms with van der Waals surface area (Å²) in [6.07, 6.45) is 0.643. The fourth-order valence-corrected chi connectivity index (χ4v) is 3.42. The number of anilines is 2. The SMILES string of the molecule is CCC(=O)Nc1cc2c(cc1OC)NC(=O)CC2c1cc2ccccc2o1. The fourth-order valence-electron chi connectivity index (χ4n) is 3.42. The Hall–Kier alpha value is -3.28. The summed E-state index contributed by atoms with van der Waals surface area (Å²) in [5.74, 6) is 0.810. The molecule has 0 aliphatic carbocycles. The maximum Gasteiger partial charge on any atom is 0.225 e. The Labute approximate surface area is 156 Å². The molecule has 6 heteroatoms. The van der Waals surface area contributed by atoms with Gasteiger partial charge in [0.25, 0.3) is 0 Å². The Kier molecular flexibility index (Phi) is 4.32. The number of benzene rings is 2. The zero-order valence-corrected chi connectivity index (χ0v) is 15.2. The monoisotopic (exact) mass is 364 g/mol. The first-order valence-corrected chi connectivity index (χ1v) is 8.89. The van der Waals surface area contributed by atoms with Crippen molar-refractivity contribution < 1.29 is 18.7 Å². The topological polar surface area (TPSA) is 80.6 Å². The third-order valence-electron chi connectivity index (χ3n) is 4.79. The summed E-state index contributed by atoms with van der Waals surface area (Å²) in [6, 6.07) is 13.3. The van der Waals surface area contributed by atoms with E-state index in [2.05, 4.69) is 10.6 Å². The first-order valence-electron chi connectivity index (χ1n) is 8.89. The number of amides is 2. The Morgan fingerprint density at radius 3 is 2.85 bits per heavy atom. The summed E-state index contributed by atoms with van der Waals surface area (Å²) >= 11 is 0. The Bertz CT molecular complexity index is 1000. The number of carbonyl (C=O) groups is 2. The van der Waals surface area contributed by atoms with Gasteiger partial charge in [-0.1, -0.05) is 25.1 Å². The lowest BCUT2D eigenvalue weighted by molar-refractivity contribution is -0.117. The average molecular weight is 364 g/mol. The second kappa shape index (κ2) is 6.79. The third-order valence-corrected chi connectivity index (χ3v) is 4.79. The molecule has 1 aliphatic rings. The molecule has 4 rings (SSSR count). The third kappa shape index (κ3) is 3.14. The molecule has 1 aliphatic heterocycles. The number of fused-ring (bicyclic) bond motifs is 2. The van der Waals surface area contributed by atoms with Gasteiger partial charge < -0.3 is 19.8 Å². The van der Waals surface area contributed by atoms with E-state index in [0.29, 0.717) is 23.5 Å². The lowest BCUT2D eigenvalue weighted by Crippen LogP contribution is -2.24. The zero-order valence-electron chi connectivity index (χ0n) is 15.2. The first-order chi connectivity index (χ1) is 13.1. The van der Waals surface area contributed by atoms with Gasteiger partial charge in [-0.2, -0.15) is 0 Å². The van der Waals surface area contributed by atoms with Gasteiger partial charge in [-0.15, -0.1) is 0 Å². The van der Waals surface area contributed by atoms with Gasteiger partial charge in [0.15, 0.2) is 0 Å². The number of para-hydroxylation sites is 1. The van der Waals surface area contributed by atoms with Crippen molar-refractivity contribution >= 4 is 34.2 Å². The Morgan fingerprint density at radius 2 is 2.11 bits per heavy atom. The van der Waals surface area contributed by atoms with Crippen molar-refractivity contribution in [2.75, 3.05) is 17.7 Å². The molecule has 138 valence electrons. The molecule has 0 saturated heterocycles. The van der Waals surface area contributed by atoms with Gasteiger partial charge in [0.2, 0.25) is 11.8 Å². The van der Waals surface area contributed by atoms with Crippen LogP contribution in [0, 0.1) is 0 Å². The van der Waals surface area contributed by atoms with E-state index in [1.807, 2.05) is 36.4 Å². The van der Waals surface area contributed by atoms with Gasteiger partial charge in [0.1, 0.15) is 17.1 Å². The molecule has 2 aromatic carbocycles. The van der Waals surface area contributed by atoms with Crippen LogP contribution in [0.15, 0.2) is 46.9 Å². The summed E-state index contributed by atoms with van der Waals surface area (Å²) in [5.41, 5.74) is 2.93. The van der Waals surface area contributed by atoms with Crippen LogP contribution in [0.1, 0.15) is 37.0 Å². The van der Waals surface area contributed by atoms with Crippen molar-refractivity contribution in [1.29, 1.82) is 0 Å². The summed E-state index contributed by atoms with van der Waals surface area (Å²) in [4.78, 5) is 24.2. The predicted molar refractivity (Wildman–Crippen MR) is 103 cm³/mol. The van der Waals surface area contributed by atoms with Crippen LogP contribution in [-0.4, -0.2) is 18.9 Å². The standard InChI is InChI=1S/C21H20N2O4/c1-3-20(24)23-16-9-13-14(10-21(25)22-15(13)11-19(16)26-2)18-8-12-6-4-5-7-17(12)27-18/h4-9,11,14H,3,10H2,1-2H3,(H,22,25)(H,23,24). The molecule has 2 amide bonds. The van der Waals surface area contributed by atoms with Gasteiger partial charge in [0, 0.05) is 30.0 Å². The number of furan rings is 1. The number of rotatable bonds is 4. The van der Waals surface area contributed by atoms with E-state index in [4.69, 9.17) is 9.15 Å². The van der Waals surface area contributed by atoms with E-state index >= 15 is 0 Å². The molecule has 1 atom stereocenters. The zero-order chi connectivity index (χ0) is 19.0. The normalized spacial score (nSPS) is 15.9. The molecule has 0 bridgehead atoms. The van der Waals surface area contributed by atoms with E-state index < -0.39 is 0 Å². The maximum atomic E-state index is 12.3. The van der Waals surface area contributed by atoms with E-state index in [0.717, 1.165) is 22.3 Å². The molecule has 27 heavy (non-hydrogen) atoms. The molecule has 2 N–H and O–H groups in total. The number of carbonyl (C=O) groups excluding carboxylic acids is 2. The van der Waals surface area contributed by atoms with Crippen LogP contribution in [0.5, 0.6) is 5.75 Å². The van der Waals surface area contributed by atoms with E-state index in [1.165, 1.54) is 7.11 Å². The van der Waals surface area contributed by atoms with Crippen molar-refractivity contribution in [2.24, 2.45) is 0 Å². The number of nitrogens with one attached hydrogen (secondary N) is 2. The van der Waals surface area contributed by atoms with Gasteiger partial charge >= 0.3 is 0 Å². The molecule has 0 spiro atoms. The van der Waals surface area contributed by atoms with Crippen molar-refractivity contribution in [2.45, 2.75) is 25.7 Å². The quantitative estimate of drug-likeness (QED) is 0.725. The number of ether oxygens (including phenoxy) is 1. The summed E-state index contributed by atoms with van der Waals surface area (Å²) in [7, 11) is 1.53. The summed E-state index contributed by atoms with van der Waals surface area (Å²) < 4.78 is 11.4. The summed E-state index contributed by atoms with van der Waals surface area (Å²) in [5, 5.41) is 6.75. The van der Waals surface area contributed by atoms with Gasteiger partial charge in [-0.05, 0) is 23.8 Å². The highest BCUT2D eigenvalue weighted by Gasteiger charge is 2.30. The van der Waals surface area contributed by atoms with Crippen molar-refractivity contribution in [1.82, 2.24) is 0 Å². The van der Waals surface area contributed by atoms with Crippen molar-refractivity contribution in [3.05, 3.63) is 53.8 Å². The van der Waals surface area contributed by atoms with Crippen LogP contribution in [0.25, 0.3) is 11.0 Å². The van der Waals surface area contributed by atoms with Crippen molar-refractivity contribution in [3.8, 4) is 5.75 Å². The van der Waals surface area contributed by atoms with Crippen molar-refractivity contribution in [3.63, 3.8) is 0 Å². The maximum absolute atomic E-state index is 12.3. The molecule has 0 radical (unpaired) electrons. The van der Waals surface area contributed by atoms with E-state index in [-0.39, 0.29) is 24.2 Å².